The van der Waals surface area contributed by atoms with Gasteiger partial charge in [0.05, 0.1) is 19.3 Å². The smallest absolute Gasteiger partial charge is 0.231 e. The summed E-state index contributed by atoms with van der Waals surface area (Å²) in [5, 5.41) is 11.4. The van der Waals surface area contributed by atoms with Crippen LogP contribution in [0, 0.1) is 5.92 Å². The summed E-state index contributed by atoms with van der Waals surface area (Å²) >= 11 is 0. The van der Waals surface area contributed by atoms with Crippen LogP contribution in [-0.2, 0) is 9.47 Å². The number of benzene rings is 2. The first-order valence-electron chi connectivity index (χ1n) is 8.97. The molecule has 7 heteroatoms. The van der Waals surface area contributed by atoms with Crippen molar-refractivity contribution in [1.29, 1.82) is 0 Å². The normalized spacial score (nSPS) is 32.7. The maximum absolute atomic E-state index is 11.4. The van der Waals surface area contributed by atoms with E-state index in [1.54, 1.807) is 0 Å². The van der Waals surface area contributed by atoms with Crippen molar-refractivity contribution < 1.29 is 33.5 Å². The van der Waals surface area contributed by atoms with Gasteiger partial charge in [0.1, 0.15) is 11.7 Å². The first kappa shape index (κ1) is 15.6. The van der Waals surface area contributed by atoms with Crippen LogP contribution in [0.25, 0.3) is 0 Å². The molecule has 2 aromatic rings. The highest BCUT2D eigenvalue weighted by molar-refractivity contribution is 5.47. The van der Waals surface area contributed by atoms with Crippen molar-refractivity contribution in [2.24, 2.45) is 5.92 Å². The van der Waals surface area contributed by atoms with Crippen LogP contribution < -0.4 is 18.9 Å². The Hall–Kier alpha value is -2.48. The molecule has 140 valence electrons. The van der Waals surface area contributed by atoms with Crippen molar-refractivity contribution in [3.8, 4) is 23.0 Å². The molecule has 2 aromatic carbocycles. The minimum atomic E-state index is -1.10. The van der Waals surface area contributed by atoms with Crippen LogP contribution in [0.5, 0.6) is 23.0 Å². The van der Waals surface area contributed by atoms with Crippen molar-refractivity contribution in [2.45, 2.75) is 17.8 Å². The van der Waals surface area contributed by atoms with E-state index < -0.39 is 11.7 Å². The number of rotatable bonds is 2. The molecule has 0 aliphatic carbocycles. The van der Waals surface area contributed by atoms with E-state index in [0.29, 0.717) is 23.9 Å². The first-order chi connectivity index (χ1) is 13.2. The molecule has 1 N–H and O–H groups in total. The summed E-state index contributed by atoms with van der Waals surface area (Å²) in [7, 11) is 0. The van der Waals surface area contributed by atoms with Crippen molar-refractivity contribution in [3.63, 3.8) is 0 Å². The summed E-state index contributed by atoms with van der Waals surface area (Å²) in [4.78, 5) is 0. The van der Waals surface area contributed by atoms with Gasteiger partial charge in [-0.05, 0) is 35.4 Å². The number of aliphatic hydroxyl groups is 1. The van der Waals surface area contributed by atoms with Gasteiger partial charge in [0.2, 0.25) is 13.6 Å². The highest BCUT2D eigenvalue weighted by Gasteiger charge is 2.59. The van der Waals surface area contributed by atoms with E-state index in [9.17, 15) is 5.11 Å². The molecule has 27 heavy (non-hydrogen) atoms. The molecule has 1 unspecified atom stereocenters. The fourth-order valence-electron chi connectivity index (χ4n) is 4.43. The lowest BCUT2D eigenvalue weighted by molar-refractivity contribution is -0.0628. The van der Waals surface area contributed by atoms with Crippen LogP contribution in [0.2, 0.25) is 0 Å². The molecule has 0 radical (unpaired) electrons. The van der Waals surface area contributed by atoms with Crippen molar-refractivity contribution in [1.82, 2.24) is 0 Å². The topological polar surface area (TPSA) is 75.6 Å². The molecule has 4 atom stereocenters. The SMILES string of the molecule is O[C@@]12COC(c3ccc4c(c3)OCO4)[C@H]1CO[C@H]2c1ccc2c(c1)OCO2. The Labute approximate surface area is 155 Å². The molecule has 2 saturated heterocycles. The molecule has 6 rings (SSSR count). The molecule has 0 amide bonds. The first-order valence-corrected chi connectivity index (χ1v) is 8.97. The van der Waals surface area contributed by atoms with Gasteiger partial charge in [-0.2, -0.15) is 0 Å². The molecular formula is C20H18O7. The molecule has 0 saturated carbocycles. The predicted molar refractivity (Wildman–Crippen MR) is 91.0 cm³/mol. The van der Waals surface area contributed by atoms with Crippen LogP contribution in [-0.4, -0.2) is 37.5 Å². The van der Waals surface area contributed by atoms with E-state index in [1.165, 1.54) is 0 Å². The molecule has 4 heterocycles. The zero-order valence-electron chi connectivity index (χ0n) is 14.4. The standard InChI is InChI=1S/C20H18O7/c21-20-8-23-18(11-1-3-14-16(5-11)26-9-24-14)13(20)7-22-19(20)12-2-4-15-17(6-12)27-10-25-15/h1-6,13,18-19,21H,7-10H2/t13-,18?,19+,20+/m1/s1. The number of hydrogen-bond acceptors (Lipinski definition) is 7. The van der Waals surface area contributed by atoms with Gasteiger partial charge in [0.25, 0.3) is 0 Å². The lowest BCUT2D eigenvalue weighted by Crippen LogP contribution is -2.39. The quantitative estimate of drug-likeness (QED) is 0.870. The zero-order chi connectivity index (χ0) is 18.0. The minimum absolute atomic E-state index is 0.173. The fourth-order valence-corrected chi connectivity index (χ4v) is 4.43. The van der Waals surface area contributed by atoms with Gasteiger partial charge in [0.15, 0.2) is 23.0 Å². The molecule has 0 spiro atoms. The summed E-state index contributed by atoms with van der Waals surface area (Å²) < 4.78 is 33.7. The van der Waals surface area contributed by atoms with Crippen LogP contribution in [0.4, 0.5) is 0 Å². The van der Waals surface area contributed by atoms with Crippen LogP contribution in [0.3, 0.4) is 0 Å². The van der Waals surface area contributed by atoms with Crippen LogP contribution in [0.1, 0.15) is 23.3 Å². The van der Waals surface area contributed by atoms with Crippen LogP contribution in [0.15, 0.2) is 36.4 Å². The largest absolute Gasteiger partial charge is 0.454 e. The Morgan fingerprint density at radius 1 is 0.778 bits per heavy atom. The number of ether oxygens (including phenoxy) is 6. The second-order valence-electron chi connectivity index (χ2n) is 7.27. The van der Waals surface area contributed by atoms with Gasteiger partial charge in [-0.1, -0.05) is 12.1 Å². The highest BCUT2D eigenvalue weighted by atomic mass is 16.7. The minimum Gasteiger partial charge on any atom is -0.454 e. The molecule has 0 bridgehead atoms. The average Bonchev–Trinajstić information content (AvgIpc) is 3.43. The van der Waals surface area contributed by atoms with Crippen LogP contribution >= 0.6 is 0 Å². The Bertz CT molecular complexity index is 913. The maximum atomic E-state index is 11.4. The predicted octanol–water partition coefficient (Wildman–Crippen LogP) is 2.33. The zero-order valence-corrected chi connectivity index (χ0v) is 14.4. The molecule has 4 aliphatic heterocycles. The van der Waals surface area contributed by atoms with Crippen molar-refractivity contribution in [2.75, 3.05) is 26.8 Å². The molecule has 4 aliphatic rings. The maximum Gasteiger partial charge on any atom is 0.231 e. The summed E-state index contributed by atoms with van der Waals surface area (Å²) in [6, 6.07) is 11.4. The van der Waals surface area contributed by atoms with E-state index in [1.807, 2.05) is 36.4 Å². The molecule has 2 fully saturated rings. The van der Waals surface area contributed by atoms with Gasteiger partial charge < -0.3 is 33.5 Å². The van der Waals surface area contributed by atoms with E-state index in [0.717, 1.165) is 16.9 Å². The second-order valence-corrected chi connectivity index (χ2v) is 7.27. The number of fused-ring (bicyclic) bond motifs is 3. The lowest BCUT2D eigenvalue weighted by Gasteiger charge is -2.27. The summed E-state index contributed by atoms with van der Waals surface area (Å²) in [5.74, 6) is 2.65. The number of hydrogen-bond donors (Lipinski definition) is 1. The van der Waals surface area contributed by atoms with Gasteiger partial charge in [-0.25, -0.2) is 0 Å². The Balaban J connectivity index is 1.31. The molecule has 7 nitrogen and oxygen atoms in total. The lowest BCUT2D eigenvalue weighted by atomic mass is 9.81. The monoisotopic (exact) mass is 370 g/mol. The second kappa shape index (κ2) is 5.51. The molecular weight excluding hydrogens is 352 g/mol. The van der Waals surface area contributed by atoms with E-state index in [2.05, 4.69) is 0 Å². The van der Waals surface area contributed by atoms with Gasteiger partial charge in [0, 0.05) is 5.92 Å². The van der Waals surface area contributed by atoms with E-state index in [4.69, 9.17) is 28.4 Å². The average molecular weight is 370 g/mol. The third-order valence-electron chi connectivity index (χ3n) is 5.82. The van der Waals surface area contributed by atoms with Gasteiger partial charge >= 0.3 is 0 Å². The van der Waals surface area contributed by atoms with Crippen molar-refractivity contribution >= 4 is 0 Å². The third kappa shape index (κ3) is 2.19. The Morgan fingerprint density at radius 2 is 1.41 bits per heavy atom. The Morgan fingerprint density at radius 3 is 2.15 bits per heavy atom. The van der Waals surface area contributed by atoms with Crippen molar-refractivity contribution in [3.05, 3.63) is 47.5 Å². The van der Waals surface area contributed by atoms with Gasteiger partial charge in [-0.3, -0.25) is 0 Å². The summed E-state index contributed by atoms with van der Waals surface area (Å²) in [6.45, 7) is 1.06. The highest BCUT2D eigenvalue weighted by Crippen LogP contribution is 2.54. The van der Waals surface area contributed by atoms with Gasteiger partial charge in [-0.15, -0.1) is 0 Å². The van der Waals surface area contributed by atoms with E-state index >= 15 is 0 Å². The Kier molecular flexibility index (Phi) is 3.18. The fraction of sp³-hybridized carbons (Fsp3) is 0.400. The summed E-state index contributed by atoms with van der Waals surface area (Å²) in [5.41, 5.74) is 0.712. The molecule has 0 aromatic heterocycles. The summed E-state index contributed by atoms with van der Waals surface area (Å²) in [6.07, 6.45) is -0.737. The van der Waals surface area contributed by atoms with E-state index in [-0.39, 0.29) is 32.2 Å². The third-order valence-corrected chi connectivity index (χ3v) is 5.82.